The van der Waals surface area contributed by atoms with Crippen LogP contribution in [-0.2, 0) is 35.1 Å². The third-order valence-corrected chi connectivity index (χ3v) is 5.17. The van der Waals surface area contributed by atoms with E-state index in [0.717, 1.165) is 31.2 Å². The molecule has 8 heteroatoms. The summed E-state index contributed by atoms with van der Waals surface area (Å²) in [7, 11) is 2.62. The molecule has 0 aliphatic heterocycles. The molecule has 0 fully saturated rings. The molecule has 0 spiro atoms. The molecule has 0 unspecified atom stereocenters. The number of carbonyl (C=O) groups is 3. The van der Waals surface area contributed by atoms with Crippen LogP contribution in [0.15, 0.2) is 30.3 Å². The molecular formula is C26H41NO7. The normalized spacial score (nSPS) is 12.0. The minimum atomic E-state index is -0.698. The van der Waals surface area contributed by atoms with Gasteiger partial charge in [0.1, 0.15) is 5.60 Å². The fourth-order valence-electron chi connectivity index (χ4n) is 3.40. The average molecular weight is 480 g/mol. The smallest absolute Gasteiger partial charge is 0.410 e. The van der Waals surface area contributed by atoms with Gasteiger partial charge >= 0.3 is 18.0 Å². The summed E-state index contributed by atoms with van der Waals surface area (Å²) < 4.78 is 20.8. The first-order valence-corrected chi connectivity index (χ1v) is 11.9. The number of unbranched alkanes of at least 4 members (excludes halogenated alkanes) is 3. The molecule has 0 aliphatic carbocycles. The quantitative estimate of drug-likeness (QED) is 0.201. The van der Waals surface area contributed by atoms with Gasteiger partial charge in [0.05, 0.1) is 33.7 Å². The zero-order valence-electron chi connectivity index (χ0n) is 21.3. The van der Waals surface area contributed by atoms with Crippen LogP contribution >= 0.6 is 0 Å². The highest BCUT2D eigenvalue weighted by Gasteiger charge is 2.30. The molecular weight excluding hydrogens is 438 g/mol. The van der Waals surface area contributed by atoms with Gasteiger partial charge in [-0.05, 0) is 39.2 Å². The molecule has 1 rings (SSSR count). The Morgan fingerprint density at radius 2 is 1.56 bits per heavy atom. The summed E-state index contributed by atoms with van der Waals surface area (Å²) in [5.41, 5.74) is 0.457. The van der Waals surface area contributed by atoms with Crippen molar-refractivity contribution >= 4 is 18.0 Å². The number of carbonyl (C=O) groups excluding carboxylic acids is 3. The van der Waals surface area contributed by atoms with Crippen molar-refractivity contribution < 1.29 is 33.3 Å². The minimum Gasteiger partial charge on any atom is -0.469 e. The summed E-state index contributed by atoms with van der Waals surface area (Å²) in [6.07, 6.45) is 3.77. The first-order valence-electron chi connectivity index (χ1n) is 11.9. The van der Waals surface area contributed by atoms with Crippen molar-refractivity contribution in [3.05, 3.63) is 35.9 Å². The molecule has 0 bridgehead atoms. The SMILES string of the molecule is COC(=O)CCN(C(=O)OC(C)(C)C)[C@H](CCCCCCOCc1ccccc1)CC(=O)OC. The monoisotopic (exact) mass is 479 g/mol. The summed E-state index contributed by atoms with van der Waals surface area (Å²) in [4.78, 5) is 38.1. The van der Waals surface area contributed by atoms with Crippen molar-refractivity contribution in [3.8, 4) is 0 Å². The predicted molar refractivity (Wildman–Crippen MR) is 129 cm³/mol. The van der Waals surface area contributed by atoms with Crippen LogP contribution in [0.1, 0.15) is 71.3 Å². The van der Waals surface area contributed by atoms with Crippen LogP contribution in [-0.4, -0.2) is 61.9 Å². The van der Waals surface area contributed by atoms with Crippen molar-refractivity contribution in [1.29, 1.82) is 0 Å². The predicted octanol–water partition coefficient (Wildman–Crippen LogP) is 4.89. The fraction of sp³-hybridized carbons (Fsp3) is 0.654. The van der Waals surface area contributed by atoms with E-state index < -0.39 is 29.7 Å². The second kappa shape index (κ2) is 16.1. The first kappa shape index (κ1) is 29.4. The molecule has 0 radical (unpaired) electrons. The van der Waals surface area contributed by atoms with E-state index in [1.165, 1.54) is 19.1 Å². The number of benzene rings is 1. The van der Waals surface area contributed by atoms with Crippen molar-refractivity contribution in [2.75, 3.05) is 27.4 Å². The fourth-order valence-corrected chi connectivity index (χ4v) is 3.40. The number of hydrogen-bond donors (Lipinski definition) is 0. The molecule has 0 saturated carbocycles. The summed E-state index contributed by atoms with van der Waals surface area (Å²) in [5, 5.41) is 0. The van der Waals surface area contributed by atoms with Gasteiger partial charge in [-0.25, -0.2) is 4.79 Å². The van der Waals surface area contributed by atoms with Gasteiger partial charge in [0.25, 0.3) is 0 Å². The van der Waals surface area contributed by atoms with Crippen LogP contribution in [0.5, 0.6) is 0 Å². The highest BCUT2D eigenvalue weighted by atomic mass is 16.6. The van der Waals surface area contributed by atoms with Gasteiger partial charge in [0.15, 0.2) is 0 Å². The van der Waals surface area contributed by atoms with E-state index in [0.29, 0.717) is 19.6 Å². The summed E-state index contributed by atoms with van der Waals surface area (Å²) in [6, 6.07) is 9.62. The largest absolute Gasteiger partial charge is 0.469 e. The van der Waals surface area contributed by atoms with Gasteiger partial charge in [-0.3, -0.25) is 9.59 Å². The summed E-state index contributed by atoms with van der Waals surface area (Å²) in [5.74, 6) is -0.841. The van der Waals surface area contributed by atoms with E-state index in [1.807, 2.05) is 30.3 Å². The van der Waals surface area contributed by atoms with Crippen LogP contribution in [0.4, 0.5) is 4.79 Å². The standard InChI is InChI=1S/C26H41NO7/c1-26(2,3)34-25(30)27(17-16-23(28)31-4)22(19-24(29)32-5)15-11-6-7-12-18-33-20-21-13-9-8-10-14-21/h8-10,13-14,22H,6-7,11-12,15-20H2,1-5H3/t22-/m1/s1. The lowest BCUT2D eigenvalue weighted by Gasteiger charge is -2.33. The Labute approximate surface area is 203 Å². The van der Waals surface area contributed by atoms with Crippen LogP contribution in [0, 0.1) is 0 Å². The highest BCUT2D eigenvalue weighted by molar-refractivity contribution is 5.74. The Bertz CT molecular complexity index is 730. The Morgan fingerprint density at radius 3 is 2.18 bits per heavy atom. The van der Waals surface area contributed by atoms with E-state index in [1.54, 1.807) is 20.8 Å². The molecule has 34 heavy (non-hydrogen) atoms. The van der Waals surface area contributed by atoms with Gasteiger partial charge < -0.3 is 23.8 Å². The highest BCUT2D eigenvalue weighted by Crippen LogP contribution is 2.20. The second-order valence-electron chi connectivity index (χ2n) is 9.18. The van der Waals surface area contributed by atoms with E-state index >= 15 is 0 Å². The Kier molecular flexibility index (Phi) is 13.9. The number of methoxy groups -OCH3 is 2. The van der Waals surface area contributed by atoms with Crippen molar-refractivity contribution in [2.24, 2.45) is 0 Å². The molecule has 0 saturated heterocycles. The maximum Gasteiger partial charge on any atom is 0.410 e. The Hall–Kier alpha value is -2.61. The number of amides is 1. The summed E-state index contributed by atoms with van der Waals surface area (Å²) in [6.45, 7) is 6.73. The number of hydrogen-bond acceptors (Lipinski definition) is 7. The molecule has 1 aromatic rings. The van der Waals surface area contributed by atoms with E-state index in [-0.39, 0.29) is 19.4 Å². The molecule has 1 aromatic carbocycles. The van der Waals surface area contributed by atoms with E-state index in [4.69, 9.17) is 18.9 Å². The van der Waals surface area contributed by atoms with Gasteiger partial charge in [-0.1, -0.05) is 49.6 Å². The van der Waals surface area contributed by atoms with Gasteiger partial charge in [0, 0.05) is 19.2 Å². The molecule has 0 aromatic heterocycles. The lowest BCUT2D eigenvalue weighted by atomic mass is 10.0. The van der Waals surface area contributed by atoms with Crippen molar-refractivity contribution in [2.45, 2.75) is 84.0 Å². The molecule has 0 aliphatic rings. The molecule has 192 valence electrons. The van der Waals surface area contributed by atoms with Gasteiger partial charge in [-0.15, -0.1) is 0 Å². The first-order chi connectivity index (χ1) is 16.2. The number of nitrogens with zero attached hydrogens (tertiary/aromatic N) is 1. The second-order valence-corrected chi connectivity index (χ2v) is 9.18. The number of esters is 2. The van der Waals surface area contributed by atoms with Crippen LogP contribution in [0.2, 0.25) is 0 Å². The van der Waals surface area contributed by atoms with Crippen molar-refractivity contribution in [3.63, 3.8) is 0 Å². The van der Waals surface area contributed by atoms with E-state index in [9.17, 15) is 14.4 Å². The zero-order valence-corrected chi connectivity index (χ0v) is 21.3. The average Bonchev–Trinajstić information content (AvgIpc) is 2.79. The summed E-state index contributed by atoms with van der Waals surface area (Å²) >= 11 is 0. The third-order valence-electron chi connectivity index (χ3n) is 5.17. The Morgan fingerprint density at radius 1 is 0.912 bits per heavy atom. The molecule has 0 N–H and O–H groups in total. The zero-order chi connectivity index (χ0) is 25.4. The number of rotatable bonds is 15. The molecule has 1 atom stereocenters. The van der Waals surface area contributed by atoms with Crippen molar-refractivity contribution in [1.82, 2.24) is 4.90 Å². The van der Waals surface area contributed by atoms with Gasteiger partial charge in [0.2, 0.25) is 0 Å². The maximum absolute atomic E-state index is 12.9. The third kappa shape index (κ3) is 13.2. The van der Waals surface area contributed by atoms with Crippen LogP contribution in [0.3, 0.4) is 0 Å². The Balaban J connectivity index is 2.58. The van der Waals surface area contributed by atoms with E-state index in [2.05, 4.69) is 0 Å². The molecule has 8 nitrogen and oxygen atoms in total. The molecule has 1 amide bonds. The maximum atomic E-state index is 12.9. The molecule has 0 heterocycles. The van der Waals surface area contributed by atoms with Crippen LogP contribution in [0.25, 0.3) is 0 Å². The van der Waals surface area contributed by atoms with Gasteiger partial charge in [-0.2, -0.15) is 0 Å². The number of ether oxygens (including phenoxy) is 4. The topological polar surface area (TPSA) is 91.4 Å². The lowest BCUT2D eigenvalue weighted by Crippen LogP contribution is -2.45. The lowest BCUT2D eigenvalue weighted by molar-refractivity contribution is -0.142. The minimum absolute atomic E-state index is 0.0200. The van der Waals surface area contributed by atoms with Crippen LogP contribution < -0.4 is 0 Å².